The molecule has 0 radical (unpaired) electrons. The number of hydrogen-bond acceptors (Lipinski definition) is 18. The number of hydrogen-bond donors (Lipinski definition) is 3. The monoisotopic (exact) mass is 1890 g/mol. The number of nitrogens with two attached hydrogens (primary N) is 3. The highest BCUT2D eigenvalue weighted by Crippen LogP contribution is 2.47. The van der Waals surface area contributed by atoms with E-state index in [1.165, 1.54) is 128 Å². The standard InChI is InChI=1S/3C39H58FN5O/c3*1-39(40)20-17-30(18-21-39)37(46)26-32(29-10-4-3-5-11-29)19-25-45-33-15-16-34(45)36(43(2)27-33)28-44(24-7-6-22-41)35-14-8-12-31-13-9-23-42-38(31)35/h3*3-5,9-11,13,23,30,32-36H,6-8,12,14-22,24-28,41H2,1-2H3/t30?,32-,33+,34-,35?,36+,39?;30?,32-,33+,34-,35?,36-,39?;30?,32-,33-,34+,35?,36-,39?/m110/s1. The second kappa shape index (κ2) is 49.8. The first-order chi connectivity index (χ1) is 67.0. The lowest BCUT2D eigenvalue weighted by Crippen LogP contribution is -2.61. The van der Waals surface area contributed by atoms with Gasteiger partial charge >= 0.3 is 0 Å². The van der Waals surface area contributed by atoms with Gasteiger partial charge in [0.25, 0.3) is 0 Å². The molecule has 0 spiro atoms. The molecule has 6 N–H and O–H groups in total. The molecule has 756 valence electrons. The summed E-state index contributed by atoms with van der Waals surface area (Å²) in [5.74, 6) is 1.72. The van der Waals surface area contributed by atoms with Crippen LogP contribution in [-0.4, -0.2) is 267 Å². The van der Waals surface area contributed by atoms with Gasteiger partial charge < -0.3 is 17.2 Å². The van der Waals surface area contributed by atoms with E-state index >= 15 is 0 Å². The number of ketones is 3. The van der Waals surface area contributed by atoms with Crippen molar-refractivity contribution in [3.05, 3.63) is 196 Å². The number of piperazine rings is 3. The van der Waals surface area contributed by atoms with Crippen molar-refractivity contribution in [1.82, 2.24) is 59.1 Å². The molecule has 15 atom stereocenters. The number of unbranched alkanes of at least 4 members (excludes halogenated alkanes) is 3. The third kappa shape index (κ3) is 27.0. The third-order valence-electron chi connectivity index (χ3n) is 36.2. The number of alkyl halides is 3. The maximum atomic E-state index is 14.5. The minimum Gasteiger partial charge on any atom is -0.330 e. The van der Waals surface area contributed by atoms with Crippen molar-refractivity contribution >= 4 is 17.3 Å². The molecule has 3 unspecified atom stereocenters. The fourth-order valence-corrected chi connectivity index (χ4v) is 28.0. The zero-order valence-corrected chi connectivity index (χ0v) is 85.4. The number of Topliss-reactive ketones (excluding diaryl/α,β-unsaturated/α-hetero) is 3. The Kier molecular flexibility index (Phi) is 37.6. The molecule has 21 heteroatoms. The van der Waals surface area contributed by atoms with Crippen LogP contribution >= 0.6 is 0 Å². The molecule has 6 bridgehead atoms. The molecule has 6 aliphatic heterocycles. The largest absolute Gasteiger partial charge is 0.330 e. The Hall–Kier alpha value is -6.57. The topological polar surface area (TPSA) is 197 Å². The van der Waals surface area contributed by atoms with E-state index in [9.17, 15) is 27.6 Å². The molecule has 6 aliphatic carbocycles. The van der Waals surface area contributed by atoms with Gasteiger partial charge in [0.1, 0.15) is 34.4 Å². The molecule has 3 aromatic carbocycles. The molecular formula is C117H174F3N15O3. The Morgan fingerprint density at radius 2 is 0.630 bits per heavy atom. The number of carbonyl (C=O) groups excluding carboxylic acids is 3. The van der Waals surface area contributed by atoms with Crippen molar-refractivity contribution in [3.8, 4) is 0 Å². The van der Waals surface area contributed by atoms with E-state index in [2.05, 4.69) is 193 Å². The van der Waals surface area contributed by atoms with Crippen LogP contribution < -0.4 is 17.2 Å². The van der Waals surface area contributed by atoms with Gasteiger partial charge in [0.15, 0.2) is 0 Å². The molecule has 3 aromatic heterocycles. The number of fused-ring (bicyclic) bond motifs is 9. The molecule has 6 aromatic rings. The summed E-state index contributed by atoms with van der Waals surface area (Å²) >= 11 is 0. The molecule has 138 heavy (non-hydrogen) atoms. The summed E-state index contributed by atoms with van der Waals surface area (Å²) in [7, 11) is 7.03. The highest BCUT2D eigenvalue weighted by Gasteiger charge is 2.51. The quantitative estimate of drug-likeness (QED) is 0.0306. The molecule has 12 aliphatic rings. The van der Waals surface area contributed by atoms with E-state index in [1.54, 1.807) is 20.8 Å². The van der Waals surface area contributed by atoms with Crippen molar-refractivity contribution in [2.45, 2.75) is 378 Å². The number of rotatable bonds is 42. The van der Waals surface area contributed by atoms with Gasteiger partial charge in [0.05, 0.1) is 35.2 Å². The predicted molar refractivity (Wildman–Crippen MR) is 554 cm³/mol. The Bertz CT molecular complexity index is 4250. The molecule has 18 rings (SSSR count). The maximum Gasteiger partial charge on any atom is 0.136 e. The zero-order chi connectivity index (χ0) is 96.3. The molecule has 3 saturated carbocycles. The number of likely N-dealkylation sites (tertiary alicyclic amines) is 3. The van der Waals surface area contributed by atoms with Gasteiger partial charge in [0.2, 0.25) is 0 Å². The molecular weight excluding hydrogens is 1720 g/mol. The van der Waals surface area contributed by atoms with Gasteiger partial charge in [-0.25, -0.2) is 13.2 Å². The van der Waals surface area contributed by atoms with E-state index in [0.717, 1.165) is 175 Å². The van der Waals surface area contributed by atoms with Crippen molar-refractivity contribution < 1.29 is 27.6 Å². The van der Waals surface area contributed by atoms with E-state index in [4.69, 9.17) is 32.2 Å². The fraction of sp³-hybridized carbons (Fsp3) is 0.692. The SMILES string of the molecule is CN1C[C@@H]2CC[C@H]([C@@H]1CN(CCCCN)C1CCCc3cccnc31)N2CC[C@@H](CC(=O)C1CCC(C)(F)CC1)c1ccccc1.CN1C[C@@H]2CC[C@H]([C@@H]1CN(CCCCN)C1CCCc3cccnc31)N2CC[C@H](CC(=O)C1CCC(C)(F)CC1)c1ccccc1.CN1C[C@@H]2CC[C@H]([C@H]1CN(CCCCN)C1CCCc3cccnc31)N2CC[C@H](CC(=O)C1CCC(C)(F)CC1)c1ccccc1. The number of nitrogens with zero attached hydrogens (tertiary/aromatic N) is 12. The van der Waals surface area contributed by atoms with Crippen molar-refractivity contribution in [2.75, 3.05) is 119 Å². The Morgan fingerprint density at radius 1 is 0.362 bits per heavy atom. The summed E-state index contributed by atoms with van der Waals surface area (Å²) in [6, 6.07) is 51.1. The second-order valence-corrected chi connectivity index (χ2v) is 45.7. The van der Waals surface area contributed by atoms with Crippen LogP contribution in [0.5, 0.6) is 0 Å². The first kappa shape index (κ1) is 104. The number of likely N-dealkylation sites (N-methyl/N-ethyl adjacent to an activating group) is 3. The average Bonchev–Trinajstić information content (AvgIpc) is 1.60. The van der Waals surface area contributed by atoms with Crippen molar-refractivity contribution in [2.24, 2.45) is 35.0 Å². The molecule has 9 fully saturated rings. The summed E-state index contributed by atoms with van der Waals surface area (Å²) in [5.41, 5.74) is 26.5. The number of aromatic nitrogens is 3. The lowest BCUT2D eigenvalue weighted by molar-refractivity contribution is -0.126. The minimum absolute atomic E-state index is 0.0175. The summed E-state index contributed by atoms with van der Waals surface area (Å²) in [4.78, 5) is 80.3. The average molecular weight is 1900 g/mol. The van der Waals surface area contributed by atoms with Gasteiger partial charge in [-0.2, -0.15) is 0 Å². The summed E-state index contributed by atoms with van der Waals surface area (Å²) < 4.78 is 43.5. The van der Waals surface area contributed by atoms with Crippen LogP contribution in [0.25, 0.3) is 0 Å². The van der Waals surface area contributed by atoms with Crippen LogP contribution in [-0.2, 0) is 33.6 Å². The van der Waals surface area contributed by atoms with Crippen LogP contribution in [0, 0.1) is 17.8 Å². The summed E-state index contributed by atoms with van der Waals surface area (Å²) in [5, 5.41) is 0. The molecule has 18 nitrogen and oxygen atoms in total. The fourth-order valence-electron chi connectivity index (χ4n) is 28.0. The lowest BCUT2D eigenvalue weighted by atomic mass is 9.76. The summed E-state index contributed by atoms with van der Waals surface area (Å²) in [6.45, 7) is 20.1. The van der Waals surface area contributed by atoms with Crippen LogP contribution in [0.1, 0.15) is 338 Å². The van der Waals surface area contributed by atoms with Gasteiger partial charge in [-0.05, 0) is 401 Å². The molecule has 6 saturated heterocycles. The van der Waals surface area contributed by atoms with Crippen LogP contribution in [0.2, 0.25) is 0 Å². The first-order valence-electron chi connectivity index (χ1n) is 55.3. The van der Waals surface area contributed by atoms with E-state index in [1.807, 2.05) is 18.6 Å². The third-order valence-corrected chi connectivity index (χ3v) is 36.2. The van der Waals surface area contributed by atoms with Crippen LogP contribution in [0.3, 0.4) is 0 Å². The van der Waals surface area contributed by atoms with E-state index in [0.29, 0.717) is 186 Å². The van der Waals surface area contributed by atoms with Gasteiger partial charge in [-0.1, -0.05) is 109 Å². The highest BCUT2D eigenvalue weighted by molar-refractivity contribution is 5.83. The number of carbonyl (C=O) groups is 3. The van der Waals surface area contributed by atoms with Crippen LogP contribution in [0.4, 0.5) is 13.2 Å². The zero-order valence-electron chi connectivity index (χ0n) is 85.4. The Morgan fingerprint density at radius 3 is 0.891 bits per heavy atom. The maximum absolute atomic E-state index is 14.5. The molecule has 9 heterocycles. The Balaban J connectivity index is 0.000000150. The normalized spacial score (nSPS) is 30.8. The van der Waals surface area contributed by atoms with Gasteiger partial charge in [-0.3, -0.25) is 73.4 Å². The minimum atomic E-state index is -1.11. The lowest BCUT2D eigenvalue weighted by Gasteiger charge is -2.48. The van der Waals surface area contributed by atoms with Crippen molar-refractivity contribution in [3.63, 3.8) is 0 Å². The number of benzene rings is 3. The van der Waals surface area contributed by atoms with E-state index < -0.39 is 17.0 Å². The van der Waals surface area contributed by atoms with Gasteiger partial charge in [0, 0.05) is 149 Å². The van der Waals surface area contributed by atoms with Crippen molar-refractivity contribution in [1.29, 1.82) is 0 Å². The summed E-state index contributed by atoms with van der Waals surface area (Å²) in [6.07, 6.45) is 42.6. The Labute approximate surface area is 828 Å². The smallest absolute Gasteiger partial charge is 0.136 e. The second-order valence-electron chi connectivity index (χ2n) is 45.7. The predicted octanol–water partition coefficient (Wildman–Crippen LogP) is 20.1. The number of aryl methyl sites for hydroxylation is 3. The number of halogens is 3. The van der Waals surface area contributed by atoms with Gasteiger partial charge in [-0.15, -0.1) is 0 Å². The first-order valence-corrected chi connectivity index (χ1v) is 55.3. The number of pyridine rings is 3. The van der Waals surface area contributed by atoms with E-state index in [-0.39, 0.29) is 35.5 Å². The van der Waals surface area contributed by atoms with Crippen LogP contribution in [0.15, 0.2) is 146 Å². The highest BCUT2D eigenvalue weighted by atomic mass is 19.2. The molecule has 0 amide bonds.